The van der Waals surface area contributed by atoms with Crippen molar-refractivity contribution in [3.8, 4) is 11.3 Å². The van der Waals surface area contributed by atoms with Gasteiger partial charge in [-0.25, -0.2) is 0 Å². The Bertz CT molecular complexity index is 961. The molecule has 5 nitrogen and oxygen atoms in total. The Kier molecular flexibility index (Phi) is 4.94. The predicted octanol–water partition coefficient (Wildman–Crippen LogP) is 4.55. The number of aliphatic hydroxyl groups is 1. The lowest BCUT2D eigenvalue weighted by Gasteiger charge is -2.36. The van der Waals surface area contributed by atoms with Gasteiger partial charge < -0.3 is 14.8 Å². The van der Waals surface area contributed by atoms with Crippen LogP contribution in [-0.4, -0.2) is 27.6 Å². The molecule has 0 aliphatic heterocycles. The molecule has 2 heterocycles. The fourth-order valence-corrected chi connectivity index (χ4v) is 4.12. The summed E-state index contributed by atoms with van der Waals surface area (Å²) in [4.78, 5) is 17.1. The van der Waals surface area contributed by atoms with Crippen LogP contribution in [0, 0.1) is 5.92 Å². The minimum absolute atomic E-state index is 0.0484. The molecule has 2 aromatic heterocycles. The number of pyridine rings is 1. The minimum atomic E-state index is -0.642. The first-order valence-corrected chi connectivity index (χ1v) is 9.88. The van der Waals surface area contributed by atoms with Crippen LogP contribution in [0.1, 0.15) is 49.9 Å². The van der Waals surface area contributed by atoms with E-state index >= 15 is 0 Å². The summed E-state index contributed by atoms with van der Waals surface area (Å²) >= 11 is 0. The number of benzene rings is 1. The summed E-state index contributed by atoms with van der Waals surface area (Å²) in [6.45, 7) is 3.74. The Labute approximate surface area is 164 Å². The lowest BCUT2D eigenvalue weighted by molar-refractivity contribution is -0.00257. The highest BCUT2D eigenvalue weighted by atomic mass is 16.3. The first kappa shape index (κ1) is 18.7. The summed E-state index contributed by atoms with van der Waals surface area (Å²) in [7, 11) is 0. The zero-order chi connectivity index (χ0) is 19.7. The maximum atomic E-state index is 12.6. The van der Waals surface area contributed by atoms with Gasteiger partial charge in [-0.15, -0.1) is 0 Å². The fraction of sp³-hybridized carbons (Fsp3) is 0.391. The van der Waals surface area contributed by atoms with Crippen molar-refractivity contribution in [3.63, 3.8) is 0 Å². The highest BCUT2D eigenvalue weighted by Gasteiger charge is 2.31. The van der Waals surface area contributed by atoms with Gasteiger partial charge in [-0.2, -0.15) is 0 Å². The quantitative estimate of drug-likeness (QED) is 0.698. The second-order valence-electron chi connectivity index (χ2n) is 8.24. The van der Waals surface area contributed by atoms with Gasteiger partial charge in [0.2, 0.25) is 0 Å². The number of furan rings is 1. The molecular formula is C23H26N2O3. The van der Waals surface area contributed by atoms with Gasteiger partial charge in [-0.1, -0.05) is 12.1 Å². The van der Waals surface area contributed by atoms with E-state index in [9.17, 15) is 9.90 Å². The molecule has 1 aliphatic rings. The van der Waals surface area contributed by atoms with E-state index in [-0.39, 0.29) is 11.9 Å². The third-order valence-electron chi connectivity index (χ3n) is 5.86. The van der Waals surface area contributed by atoms with E-state index in [1.54, 1.807) is 12.5 Å². The predicted molar refractivity (Wildman–Crippen MR) is 109 cm³/mol. The molecular weight excluding hydrogens is 352 g/mol. The van der Waals surface area contributed by atoms with E-state index in [2.05, 4.69) is 10.3 Å². The van der Waals surface area contributed by atoms with Crippen molar-refractivity contribution >= 4 is 16.9 Å². The van der Waals surface area contributed by atoms with Crippen molar-refractivity contribution in [1.29, 1.82) is 0 Å². The van der Waals surface area contributed by atoms with Gasteiger partial charge in [-0.05, 0) is 69.7 Å². The molecule has 28 heavy (non-hydrogen) atoms. The lowest BCUT2D eigenvalue weighted by atomic mass is 9.77. The highest BCUT2D eigenvalue weighted by molar-refractivity contribution is 5.96. The SMILES string of the molecule is CC(C)(O)C1CCC(NC(=O)c2ccc(-c3nccc4occc34)cc2)CC1. The number of hydrogen-bond acceptors (Lipinski definition) is 4. The first-order valence-electron chi connectivity index (χ1n) is 9.88. The third-order valence-corrected chi connectivity index (χ3v) is 5.86. The monoisotopic (exact) mass is 378 g/mol. The Morgan fingerprint density at radius 3 is 2.50 bits per heavy atom. The van der Waals surface area contributed by atoms with Crippen molar-refractivity contribution in [2.24, 2.45) is 5.92 Å². The highest BCUT2D eigenvalue weighted by Crippen LogP contribution is 2.32. The summed E-state index contributed by atoms with van der Waals surface area (Å²) in [6.07, 6.45) is 7.08. The normalized spacial score (nSPS) is 20.2. The Hall–Kier alpha value is -2.66. The standard InChI is InChI=1S/C23H26N2O3/c1-23(2,27)17-7-9-18(10-8-17)25-22(26)16-5-3-15(4-6-16)21-19-12-14-28-20(19)11-13-24-21/h3-6,11-14,17-18,27H,7-10H2,1-2H3,(H,25,26). The lowest BCUT2D eigenvalue weighted by Crippen LogP contribution is -2.41. The van der Waals surface area contributed by atoms with Gasteiger partial charge in [0.15, 0.2) is 0 Å². The molecule has 0 radical (unpaired) electrons. The molecule has 1 aromatic carbocycles. The smallest absolute Gasteiger partial charge is 0.251 e. The first-order chi connectivity index (χ1) is 13.4. The summed E-state index contributed by atoms with van der Waals surface area (Å²) in [5.74, 6) is 0.255. The molecule has 1 saturated carbocycles. The number of aromatic nitrogens is 1. The molecule has 1 aliphatic carbocycles. The molecule has 0 saturated heterocycles. The van der Waals surface area contributed by atoms with E-state index in [1.165, 1.54) is 0 Å². The van der Waals surface area contributed by atoms with E-state index in [4.69, 9.17) is 4.42 Å². The number of carbonyl (C=O) groups excluding carboxylic acids is 1. The van der Waals surface area contributed by atoms with E-state index in [0.717, 1.165) is 47.9 Å². The van der Waals surface area contributed by atoms with Crippen LogP contribution in [0.25, 0.3) is 22.2 Å². The molecule has 0 unspecified atom stereocenters. The number of carbonyl (C=O) groups is 1. The van der Waals surface area contributed by atoms with Crippen LogP contribution in [0.3, 0.4) is 0 Å². The molecule has 2 N–H and O–H groups in total. The number of fused-ring (bicyclic) bond motifs is 1. The van der Waals surface area contributed by atoms with Gasteiger partial charge in [0.05, 0.1) is 17.6 Å². The van der Waals surface area contributed by atoms with Crippen LogP contribution in [0.5, 0.6) is 0 Å². The fourth-order valence-electron chi connectivity index (χ4n) is 4.12. The zero-order valence-electron chi connectivity index (χ0n) is 16.3. The van der Waals surface area contributed by atoms with Crippen LogP contribution in [-0.2, 0) is 0 Å². The van der Waals surface area contributed by atoms with Crippen molar-refractivity contribution in [1.82, 2.24) is 10.3 Å². The van der Waals surface area contributed by atoms with Crippen LogP contribution >= 0.6 is 0 Å². The molecule has 3 aromatic rings. The molecule has 1 fully saturated rings. The zero-order valence-corrected chi connectivity index (χ0v) is 16.3. The number of hydrogen-bond donors (Lipinski definition) is 2. The largest absolute Gasteiger partial charge is 0.464 e. The second-order valence-corrected chi connectivity index (χ2v) is 8.24. The average Bonchev–Trinajstić information content (AvgIpc) is 3.17. The summed E-state index contributed by atoms with van der Waals surface area (Å²) in [5, 5.41) is 14.3. The molecule has 1 amide bonds. The Morgan fingerprint density at radius 2 is 1.82 bits per heavy atom. The molecule has 146 valence electrons. The van der Waals surface area contributed by atoms with Gasteiger partial charge in [0.25, 0.3) is 5.91 Å². The molecule has 0 atom stereocenters. The maximum absolute atomic E-state index is 12.6. The van der Waals surface area contributed by atoms with Crippen molar-refractivity contribution in [2.75, 3.05) is 0 Å². The number of nitrogens with zero attached hydrogens (tertiary/aromatic N) is 1. The third kappa shape index (κ3) is 3.80. The number of rotatable bonds is 4. The topological polar surface area (TPSA) is 75.4 Å². The molecule has 5 heteroatoms. The van der Waals surface area contributed by atoms with Crippen molar-refractivity contribution in [3.05, 3.63) is 54.4 Å². The van der Waals surface area contributed by atoms with E-state index < -0.39 is 5.60 Å². The van der Waals surface area contributed by atoms with Gasteiger partial charge >= 0.3 is 0 Å². The van der Waals surface area contributed by atoms with Gasteiger partial charge in [0.1, 0.15) is 5.58 Å². The summed E-state index contributed by atoms with van der Waals surface area (Å²) in [6, 6.07) is 11.5. The van der Waals surface area contributed by atoms with Crippen molar-refractivity contribution < 1.29 is 14.3 Å². The maximum Gasteiger partial charge on any atom is 0.251 e. The average molecular weight is 378 g/mol. The van der Waals surface area contributed by atoms with Crippen molar-refractivity contribution in [2.45, 2.75) is 51.2 Å². The summed E-state index contributed by atoms with van der Waals surface area (Å²) in [5.41, 5.74) is 2.61. The van der Waals surface area contributed by atoms with Crippen LogP contribution in [0.15, 0.2) is 53.3 Å². The second kappa shape index (κ2) is 7.40. The Balaban J connectivity index is 1.42. The summed E-state index contributed by atoms with van der Waals surface area (Å²) < 4.78 is 5.44. The number of amides is 1. The van der Waals surface area contributed by atoms with E-state index in [0.29, 0.717) is 11.5 Å². The van der Waals surface area contributed by atoms with E-state index in [1.807, 2.05) is 50.2 Å². The van der Waals surface area contributed by atoms with Crippen LogP contribution in [0.4, 0.5) is 0 Å². The number of nitrogens with one attached hydrogen (secondary N) is 1. The minimum Gasteiger partial charge on any atom is -0.464 e. The Morgan fingerprint density at radius 1 is 1.11 bits per heavy atom. The molecule has 4 rings (SSSR count). The van der Waals surface area contributed by atoms with Crippen LogP contribution < -0.4 is 5.32 Å². The van der Waals surface area contributed by atoms with Gasteiger partial charge in [0, 0.05) is 28.8 Å². The molecule has 0 spiro atoms. The molecule has 0 bridgehead atoms. The van der Waals surface area contributed by atoms with Crippen LogP contribution in [0.2, 0.25) is 0 Å². The van der Waals surface area contributed by atoms with Gasteiger partial charge in [-0.3, -0.25) is 9.78 Å².